The van der Waals surface area contributed by atoms with Crippen LogP contribution in [0.25, 0.3) is 0 Å². The van der Waals surface area contributed by atoms with Gasteiger partial charge in [0.2, 0.25) is 0 Å². The normalized spacial score (nSPS) is 35.0. The van der Waals surface area contributed by atoms with E-state index in [1.54, 1.807) is 0 Å². The molecule has 3 N–H and O–H groups in total. The molecule has 2 aliphatic rings. The first-order chi connectivity index (χ1) is 9.93. The maximum atomic E-state index is 11.4. The maximum Gasteiger partial charge on any atom is 0.323 e. The molecule has 1 saturated carbocycles. The van der Waals surface area contributed by atoms with Gasteiger partial charge in [-0.3, -0.25) is 4.79 Å². The predicted octanol–water partition coefficient (Wildman–Crippen LogP) is 2.72. The number of carbonyl (C=O) groups is 1. The molecule has 1 aliphatic carbocycles. The van der Waals surface area contributed by atoms with Crippen molar-refractivity contribution < 1.29 is 9.90 Å². The van der Waals surface area contributed by atoms with E-state index in [2.05, 4.69) is 18.7 Å². The summed E-state index contributed by atoms with van der Waals surface area (Å²) in [7, 11) is 0. The second-order valence-electron chi connectivity index (χ2n) is 7.50. The highest BCUT2D eigenvalue weighted by atomic mass is 16.4. The summed E-state index contributed by atoms with van der Waals surface area (Å²) in [5.74, 6) is 0.984. The van der Waals surface area contributed by atoms with E-state index in [0.717, 1.165) is 37.6 Å². The third-order valence-electron chi connectivity index (χ3n) is 5.87. The van der Waals surface area contributed by atoms with Crippen LogP contribution in [-0.2, 0) is 4.79 Å². The van der Waals surface area contributed by atoms with Gasteiger partial charge in [0.05, 0.1) is 0 Å². The highest BCUT2D eigenvalue weighted by Gasteiger charge is 2.45. The van der Waals surface area contributed by atoms with Gasteiger partial charge in [-0.15, -0.1) is 0 Å². The number of aliphatic carboxylic acids is 1. The molecule has 0 aromatic rings. The van der Waals surface area contributed by atoms with Crippen LogP contribution in [0.15, 0.2) is 0 Å². The Labute approximate surface area is 129 Å². The summed E-state index contributed by atoms with van der Waals surface area (Å²) in [5, 5.41) is 9.38. The largest absolute Gasteiger partial charge is 0.480 e. The molecule has 3 atom stereocenters. The first-order valence-electron chi connectivity index (χ1n) is 8.68. The number of likely N-dealkylation sites (tertiary alicyclic amines) is 1. The Morgan fingerprint density at radius 1 is 1.29 bits per heavy atom. The van der Waals surface area contributed by atoms with E-state index in [-0.39, 0.29) is 5.92 Å². The van der Waals surface area contributed by atoms with E-state index in [4.69, 9.17) is 5.73 Å². The summed E-state index contributed by atoms with van der Waals surface area (Å²) in [6.07, 6.45) is 7.43. The second kappa shape index (κ2) is 7.10. The SMILES string of the molecule is CC(C)C1CCCN(CCC2CCCC2(N)C(=O)O)CC1. The van der Waals surface area contributed by atoms with Gasteiger partial charge in [0.25, 0.3) is 0 Å². The molecule has 0 aromatic heterocycles. The summed E-state index contributed by atoms with van der Waals surface area (Å²) < 4.78 is 0. The topological polar surface area (TPSA) is 66.6 Å². The molecule has 0 aromatic carbocycles. The van der Waals surface area contributed by atoms with Crippen LogP contribution in [0.5, 0.6) is 0 Å². The van der Waals surface area contributed by atoms with Gasteiger partial charge >= 0.3 is 5.97 Å². The zero-order valence-corrected chi connectivity index (χ0v) is 13.7. The first kappa shape index (κ1) is 16.8. The number of hydrogen-bond donors (Lipinski definition) is 2. The summed E-state index contributed by atoms with van der Waals surface area (Å²) in [5.41, 5.74) is 5.17. The molecule has 1 aliphatic heterocycles. The van der Waals surface area contributed by atoms with Crippen LogP contribution in [0.4, 0.5) is 0 Å². The summed E-state index contributed by atoms with van der Waals surface area (Å²) >= 11 is 0. The number of nitrogens with two attached hydrogens (primary N) is 1. The van der Waals surface area contributed by atoms with Crippen molar-refractivity contribution in [2.75, 3.05) is 19.6 Å². The molecular formula is C17H32N2O2. The molecule has 1 saturated heterocycles. The lowest BCUT2D eigenvalue weighted by Gasteiger charge is -2.29. The number of carboxylic acids is 1. The van der Waals surface area contributed by atoms with E-state index in [9.17, 15) is 9.90 Å². The molecular weight excluding hydrogens is 264 g/mol. The number of hydrogen-bond acceptors (Lipinski definition) is 3. The fourth-order valence-corrected chi connectivity index (χ4v) is 4.20. The van der Waals surface area contributed by atoms with Crippen molar-refractivity contribution in [3.8, 4) is 0 Å². The highest BCUT2D eigenvalue weighted by Crippen LogP contribution is 2.36. The van der Waals surface area contributed by atoms with Gasteiger partial charge in [-0.2, -0.15) is 0 Å². The average Bonchev–Trinajstić information content (AvgIpc) is 2.67. The highest BCUT2D eigenvalue weighted by molar-refractivity contribution is 5.79. The predicted molar refractivity (Wildman–Crippen MR) is 85.1 cm³/mol. The lowest BCUT2D eigenvalue weighted by molar-refractivity contribution is -0.144. The van der Waals surface area contributed by atoms with Crippen molar-refractivity contribution in [2.45, 2.75) is 64.3 Å². The van der Waals surface area contributed by atoms with E-state index in [1.807, 2.05) is 0 Å². The third kappa shape index (κ3) is 3.98. The van der Waals surface area contributed by atoms with Crippen molar-refractivity contribution in [1.82, 2.24) is 4.90 Å². The quantitative estimate of drug-likeness (QED) is 0.818. The Morgan fingerprint density at radius 2 is 2.05 bits per heavy atom. The molecule has 0 bridgehead atoms. The molecule has 4 heteroatoms. The molecule has 0 spiro atoms. The van der Waals surface area contributed by atoms with Crippen molar-refractivity contribution in [3.05, 3.63) is 0 Å². The first-order valence-corrected chi connectivity index (χ1v) is 8.68. The van der Waals surface area contributed by atoms with Crippen molar-refractivity contribution >= 4 is 5.97 Å². The van der Waals surface area contributed by atoms with Crippen LogP contribution < -0.4 is 5.73 Å². The smallest absolute Gasteiger partial charge is 0.323 e. The molecule has 4 nitrogen and oxygen atoms in total. The van der Waals surface area contributed by atoms with E-state index in [1.165, 1.54) is 32.4 Å². The van der Waals surface area contributed by atoms with Crippen LogP contribution in [0, 0.1) is 17.8 Å². The molecule has 1 heterocycles. The van der Waals surface area contributed by atoms with E-state index >= 15 is 0 Å². The van der Waals surface area contributed by atoms with Gasteiger partial charge in [-0.25, -0.2) is 0 Å². The minimum absolute atomic E-state index is 0.152. The van der Waals surface area contributed by atoms with Gasteiger partial charge in [-0.1, -0.05) is 20.3 Å². The standard InChI is InChI=1S/C17H32N2O2/c1-13(2)14-5-4-10-19(11-7-14)12-8-15-6-3-9-17(15,18)16(20)21/h13-15H,3-12,18H2,1-2H3,(H,20,21). The summed E-state index contributed by atoms with van der Waals surface area (Å²) in [4.78, 5) is 13.9. The summed E-state index contributed by atoms with van der Waals surface area (Å²) in [6, 6.07) is 0. The van der Waals surface area contributed by atoms with E-state index in [0.29, 0.717) is 6.42 Å². The van der Waals surface area contributed by atoms with Crippen LogP contribution in [-0.4, -0.2) is 41.1 Å². The zero-order chi connectivity index (χ0) is 15.5. The number of rotatable bonds is 5. The molecule has 0 amide bonds. The Balaban J connectivity index is 1.82. The summed E-state index contributed by atoms with van der Waals surface area (Å²) in [6.45, 7) is 8.01. The molecule has 21 heavy (non-hydrogen) atoms. The number of carboxylic acid groups (broad SMARTS) is 1. The lowest BCUT2D eigenvalue weighted by Crippen LogP contribution is -2.51. The Morgan fingerprint density at radius 3 is 2.71 bits per heavy atom. The van der Waals surface area contributed by atoms with Crippen molar-refractivity contribution in [1.29, 1.82) is 0 Å². The maximum absolute atomic E-state index is 11.4. The van der Waals surface area contributed by atoms with Gasteiger partial charge in [0, 0.05) is 0 Å². The number of nitrogens with zero attached hydrogens (tertiary/aromatic N) is 1. The molecule has 3 unspecified atom stereocenters. The Kier molecular flexibility index (Phi) is 5.67. The van der Waals surface area contributed by atoms with Crippen LogP contribution in [0.2, 0.25) is 0 Å². The van der Waals surface area contributed by atoms with Gasteiger partial charge in [-0.05, 0) is 75.9 Å². The van der Waals surface area contributed by atoms with Gasteiger partial charge < -0.3 is 15.7 Å². The monoisotopic (exact) mass is 296 g/mol. The lowest BCUT2D eigenvalue weighted by atomic mass is 9.85. The van der Waals surface area contributed by atoms with Crippen molar-refractivity contribution in [2.24, 2.45) is 23.5 Å². The third-order valence-corrected chi connectivity index (χ3v) is 5.87. The molecule has 122 valence electrons. The minimum atomic E-state index is -0.966. The van der Waals surface area contributed by atoms with Crippen LogP contribution >= 0.6 is 0 Å². The minimum Gasteiger partial charge on any atom is -0.480 e. The van der Waals surface area contributed by atoms with E-state index < -0.39 is 11.5 Å². The Hall–Kier alpha value is -0.610. The van der Waals surface area contributed by atoms with Gasteiger partial charge in [0.15, 0.2) is 0 Å². The average molecular weight is 296 g/mol. The van der Waals surface area contributed by atoms with Gasteiger partial charge in [0.1, 0.15) is 5.54 Å². The zero-order valence-electron chi connectivity index (χ0n) is 13.7. The fourth-order valence-electron chi connectivity index (χ4n) is 4.20. The Bertz CT molecular complexity index is 359. The van der Waals surface area contributed by atoms with Crippen molar-refractivity contribution in [3.63, 3.8) is 0 Å². The van der Waals surface area contributed by atoms with Crippen LogP contribution in [0.1, 0.15) is 58.8 Å². The molecule has 2 rings (SSSR count). The van der Waals surface area contributed by atoms with Crippen LogP contribution in [0.3, 0.4) is 0 Å². The molecule has 0 radical (unpaired) electrons. The molecule has 2 fully saturated rings. The second-order valence-corrected chi connectivity index (χ2v) is 7.50. The fraction of sp³-hybridized carbons (Fsp3) is 0.941.